The first kappa shape index (κ1) is 26.5. The van der Waals surface area contributed by atoms with Crippen molar-refractivity contribution in [1.29, 1.82) is 0 Å². The third kappa shape index (κ3) is 5.72. The van der Waals surface area contributed by atoms with Gasteiger partial charge in [-0.1, -0.05) is 62.0 Å². The first-order chi connectivity index (χ1) is 18.0. The minimum Gasteiger partial charge on any atom is -0.497 e. The molecule has 1 amide bonds. The average molecular weight is 515 g/mol. The number of nitrogens with zero attached hydrogens (tertiary/aromatic N) is 4. The summed E-state index contributed by atoms with van der Waals surface area (Å²) in [6.07, 6.45) is 1.75. The highest BCUT2D eigenvalue weighted by atomic mass is 32.2. The largest absolute Gasteiger partial charge is 0.497 e. The van der Waals surface area contributed by atoms with E-state index in [1.54, 1.807) is 7.11 Å². The van der Waals surface area contributed by atoms with E-state index in [-0.39, 0.29) is 17.7 Å². The van der Waals surface area contributed by atoms with Gasteiger partial charge in [0.2, 0.25) is 5.91 Å². The summed E-state index contributed by atoms with van der Waals surface area (Å²) in [5, 5.41) is 9.90. The Morgan fingerprint density at radius 1 is 0.919 bits per heavy atom. The Bertz CT molecular complexity index is 1310. The Labute approximate surface area is 223 Å². The molecular formula is C30H34N4O2S. The molecule has 1 heterocycles. The van der Waals surface area contributed by atoms with Crippen molar-refractivity contribution in [2.75, 3.05) is 17.8 Å². The first-order valence-corrected chi connectivity index (χ1v) is 13.7. The number of thioether (sulfide) groups is 1. The van der Waals surface area contributed by atoms with Crippen LogP contribution < -0.4 is 9.64 Å². The quantitative estimate of drug-likeness (QED) is 0.223. The van der Waals surface area contributed by atoms with Crippen LogP contribution in [0.4, 0.5) is 5.69 Å². The molecule has 6 nitrogen and oxygen atoms in total. The van der Waals surface area contributed by atoms with Gasteiger partial charge in [0, 0.05) is 17.3 Å². The van der Waals surface area contributed by atoms with Crippen molar-refractivity contribution in [3.8, 4) is 22.8 Å². The van der Waals surface area contributed by atoms with Crippen LogP contribution in [-0.2, 0) is 17.6 Å². The minimum absolute atomic E-state index is 0.0336. The fourth-order valence-electron chi connectivity index (χ4n) is 4.51. The molecule has 0 aliphatic rings. The molecule has 3 aromatic carbocycles. The van der Waals surface area contributed by atoms with Gasteiger partial charge in [0.05, 0.1) is 18.6 Å². The Balaban J connectivity index is 1.76. The van der Waals surface area contributed by atoms with Crippen LogP contribution in [0, 0.1) is 0 Å². The Morgan fingerprint density at radius 3 is 2.14 bits per heavy atom. The van der Waals surface area contributed by atoms with E-state index in [1.807, 2.05) is 73.3 Å². The topological polar surface area (TPSA) is 60.2 Å². The number of carbonyl (C=O) groups is 1. The fraction of sp³-hybridized carbons (Fsp3) is 0.300. The predicted molar refractivity (Wildman–Crippen MR) is 152 cm³/mol. The molecule has 0 unspecified atom stereocenters. The van der Waals surface area contributed by atoms with Crippen LogP contribution in [-0.4, -0.2) is 39.6 Å². The van der Waals surface area contributed by atoms with Gasteiger partial charge in [-0.2, -0.15) is 0 Å². The number of carbonyl (C=O) groups excluding carboxylic acids is 1. The molecule has 0 bridgehead atoms. The molecule has 0 saturated carbocycles. The second kappa shape index (κ2) is 12.1. The number of aryl methyl sites for hydroxylation is 2. The van der Waals surface area contributed by atoms with Crippen LogP contribution in [0.25, 0.3) is 17.1 Å². The van der Waals surface area contributed by atoms with Gasteiger partial charge in [-0.3, -0.25) is 9.36 Å². The van der Waals surface area contributed by atoms with E-state index < -0.39 is 0 Å². The lowest BCUT2D eigenvalue weighted by molar-refractivity contribution is -0.116. The number of anilines is 1. The lowest BCUT2D eigenvalue weighted by Crippen LogP contribution is -2.38. The maximum Gasteiger partial charge on any atom is 0.237 e. The van der Waals surface area contributed by atoms with Crippen molar-refractivity contribution >= 4 is 23.4 Å². The van der Waals surface area contributed by atoms with Crippen LogP contribution in [0.1, 0.15) is 38.8 Å². The van der Waals surface area contributed by atoms with Gasteiger partial charge in [0.25, 0.3) is 0 Å². The summed E-state index contributed by atoms with van der Waals surface area (Å²) < 4.78 is 7.48. The number of hydrogen-bond donors (Lipinski definition) is 0. The predicted octanol–water partition coefficient (Wildman–Crippen LogP) is 6.60. The van der Waals surface area contributed by atoms with E-state index in [9.17, 15) is 4.79 Å². The van der Waals surface area contributed by atoms with Gasteiger partial charge in [0.15, 0.2) is 11.0 Å². The number of ether oxygens (including phenoxy) is 1. The number of methoxy groups -OCH3 is 1. The van der Waals surface area contributed by atoms with Crippen molar-refractivity contribution in [1.82, 2.24) is 14.8 Å². The molecule has 0 fully saturated rings. The Kier molecular flexibility index (Phi) is 8.66. The lowest BCUT2D eigenvalue weighted by atomic mass is 10.0. The molecule has 37 heavy (non-hydrogen) atoms. The van der Waals surface area contributed by atoms with E-state index in [2.05, 4.69) is 46.8 Å². The molecule has 0 radical (unpaired) electrons. The summed E-state index contributed by atoms with van der Waals surface area (Å²) in [6.45, 7) is 8.38. The van der Waals surface area contributed by atoms with Gasteiger partial charge in [-0.25, -0.2) is 0 Å². The van der Waals surface area contributed by atoms with Gasteiger partial charge < -0.3 is 9.64 Å². The highest BCUT2D eigenvalue weighted by molar-refractivity contribution is 7.99. The molecule has 0 N–H and O–H groups in total. The fourth-order valence-corrected chi connectivity index (χ4v) is 5.31. The third-order valence-electron chi connectivity index (χ3n) is 6.31. The van der Waals surface area contributed by atoms with E-state index in [1.165, 1.54) is 22.9 Å². The molecule has 4 aromatic rings. The van der Waals surface area contributed by atoms with Crippen LogP contribution in [0.15, 0.2) is 78.0 Å². The second-order valence-corrected chi connectivity index (χ2v) is 9.93. The highest BCUT2D eigenvalue weighted by Gasteiger charge is 2.24. The number of rotatable bonds is 10. The van der Waals surface area contributed by atoms with E-state index >= 15 is 0 Å². The van der Waals surface area contributed by atoms with Crippen LogP contribution in [0.3, 0.4) is 0 Å². The summed E-state index contributed by atoms with van der Waals surface area (Å²) in [5.41, 5.74) is 5.37. The van der Waals surface area contributed by atoms with Gasteiger partial charge in [0.1, 0.15) is 5.75 Å². The molecule has 1 aromatic heterocycles. The molecule has 7 heteroatoms. The summed E-state index contributed by atoms with van der Waals surface area (Å²) in [4.78, 5) is 15.3. The number of amides is 1. The average Bonchev–Trinajstić information content (AvgIpc) is 3.35. The summed E-state index contributed by atoms with van der Waals surface area (Å²) >= 11 is 1.43. The van der Waals surface area contributed by atoms with Gasteiger partial charge in [-0.15, -0.1) is 10.2 Å². The van der Waals surface area contributed by atoms with Crippen molar-refractivity contribution in [2.24, 2.45) is 0 Å². The summed E-state index contributed by atoms with van der Waals surface area (Å²) in [6, 6.07) is 24.1. The van der Waals surface area contributed by atoms with E-state index in [0.717, 1.165) is 41.4 Å². The smallest absolute Gasteiger partial charge is 0.237 e. The normalized spacial score (nSPS) is 11.1. The van der Waals surface area contributed by atoms with Crippen molar-refractivity contribution in [2.45, 2.75) is 51.7 Å². The number of aromatic nitrogens is 3. The zero-order valence-corrected chi connectivity index (χ0v) is 23.0. The van der Waals surface area contributed by atoms with Gasteiger partial charge in [-0.05, 0) is 74.2 Å². The zero-order valence-electron chi connectivity index (χ0n) is 22.1. The molecule has 0 aliphatic heterocycles. The van der Waals surface area contributed by atoms with Crippen LogP contribution >= 0.6 is 11.8 Å². The number of benzene rings is 3. The standard InChI is InChI=1S/C30H34N4O2S/c1-6-22-12-11-13-23(7-2)28(22)34-29(24-16-18-26(36-5)19-17-24)31-32-30(34)37-20-27(35)33(21(3)4)25-14-9-8-10-15-25/h8-19,21H,6-7,20H2,1-5H3. The molecule has 192 valence electrons. The maximum absolute atomic E-state index is 13.4. The minimum atomic E-state index is 0.0336. The van der Waals surface area contributed by atoms with E-state index in [4.69, 9.17) is 4.74 Å². The van der Waals surface area contributed by atoms with Crippen LogP contribution in [0.5, 0.6) is 5.75 Å². The second-order valence-electron chi connectivity index (χ2n) is 8.98. The highest BCUT2D eigenvalue weighted by Crippen LogP contribution is 2.33. The summed E-state index contributed by atoms with van der Waals surface area (Å²) in [7, 11) is 1.66. The molecule has 0 aliphatic carbocycles. The molecule has 0 spiro atoms. The van der Waals surface area contributed by atoms with E-state index in [0.29, 0.717) is 5.16 Å². The summed E-state index contributed by atoms with van der Waals surface area (Å²) in [5.74, 6) is 1.82. The molecular weight excluding hydrogens is 480 g/mol. The molecule has 0 atom stereocenters. The monoisotopic (exact) mass is 514 g/mol. The van der Waals surface area contributed by atoms with Crippen LogP contribution in [0.2, 0.25) is 0 Å². The Hall–Kier alpha value is -3.58. The van der Waals surface area contributed by atoms with Crippen molar-refractivity contribution in [3.63, 3.8) is 0 Å². The number of hydrogen-bond acceptors (Lipinski definition) is 5. The van der Waals surface area contributed by atoms with Crippen molar-refractivity contribution < 1.29 is 9.53 Å². The zero-order chi connectivity index (χ0) is 26.4. The molecule has 0 saturated heterocycles. The maximum atomic E-state index is 13.4. The Morgan fingerprint density at radius 2 is 1.57 bits per heavy atom. The third-order valence-corrected chi connectivity index (χ3v) is 7.23. The molecule has 4 rings (SSSR count). The number of para-hydroxylation sites is 2. The van der Waals surface area contributed by atoms with Crippen molar-refractivity contribution in [3.05, 3.63) is 83.9 Å². The SMILES string of the molecule is CCc1cccc(CC)c1-n1c(SCC(=O)N(c2ccccc2)C(C)C)nnc1-c1ccc(OC)cc1. The lowest BCUT2D eigenvalue weighted by Gasteiger charge is -2.26. The van der Waals surface area contributed by atoms with Gasteiger partial charge >= 0.3 is 0 Å². The first-order valence-electron chi connectivity index (χ1n) is 12.7.